The van der Waals surface area contributed by atoms with Gasteiger partial charge in [0.05, 0.1) is 0 Å². The first-order chi connectivity index (χ1) is 6.77. The molecule has 14 heavy (non-hydrogen) atoms. The van der Waals surface area contributed by atoms with Crippen molar-refractivity contribution < 1.29 is 0 Å². The molecular weight excluding hydrogens is 176 g/mol. The van der Waals surface area contributed by atoms with Crippen molar-refractivity contribution in [2.24, 2.45) is 0 Å². The summed E-state index contributed by atoms with van der Waals surface area (Å²) in [6, 6.07) is 3.83. The zero-order chi connectivity index (χ0) is 9.97. The summed E-state index contributed by atoms with van der Waals surface area (Å²) in [6.45, 7) is 4.21. The van der Waals surface area contributed by atoms with Crippen LogP contribution >= 0.6 is 0 Å². The van der Waals surface area contributed by atoms with Crippen molar-refractivity contribution in [3.8, 4) is 5.82 Å². The van der Waals surface area contributed by atoms with Gasteiger partial charge in [0, 0.05) is 24.2 Å². The Hall–Kier alpha value is -1.71. The van der Waals surface area contributed by atoms with Gasteiger partial charge in [-0.05, 0) is 12.0 Å². The second kappa shape index (κ2) is 3.57. The number of hydrogen-bond acceptors (Lipinski definition) is 3. The van der Waals surface area contributed by atoms with Crippen molar-refractivity contribution in [1.29, 1.82) is 0 Å². The van der Waals surface area contributed by atoms with Crippen LogP contribution in [-0.2, 0) is 0 Å². The van der Waals surface area contributed by atoms with Gasteiger partial charge in [0.25, 0.3) is 0 Å². The molecule has 0 amide bonds. The Morgan fingerprint density at radius 2 is 2.14 bits per heavy atom. The molecule has 0 aliphatic heterocycles. The third-order valence-corrected chi connectivity index (χ3v) is 2.00. The lowest BCUT2D eigenvalue weighted by molar-refractivity contribution is 0.784. The summed E-state index contributed by atoms with van der Waals surface area (Å²) in [7, 11) is 0. The lowest BCUT2D eigenvalue weighted by atomic mass is 10.1. The molecule has 0 spiro atoms. The first kappa shape index (κ1) is 8.87. The van der Waals surface area contributed by atoms with Crippen molar-refractivity contribution in [2.75, 3.05) is 0 Å². The average Bonchev–Trinajstić information content (AvgIpc) is 2.71. The van der Waals surface area contributed by atoms with Gasteiger partial charge in [-0.25, -0.2) is 14.6 Å². The van der Waals surface area contributed by atoms with Crippen LogP contribution in [0.3, 0.4) is 0 Å². The van der Waals surface area contributed by atoms with Crippen LogP contribution in [0.25, 0.3) is 5.82 Å². The first-order valence-corrected chi connectivity index (χ1v) is 4.59. The molecule has 0 N–H and O–H groups in total. The number of hydrogen-bond donors (Lipinski definition) is 0. The monoisotopic (exact) mass is 188 g/mol. The van der Waals surface area contributed by atoms with Crippen LogP contribution in [0, 0.1) is 0 Å². The van der Waals surface area contributed by atoms with E-state index in [1.54, 1.807) is 17.2 Å². The quantitative estimate of drug-likeness (QED) is 0.721. The fourth-order valence-corrected chi connectivity index (χ4v) is 1.21. The molecule has 0 aliphatic rings. The van der Waals surface area contributed by atoms with Crippen molar-refractivity contribution >= 4 is 0 Å². The Morgan fingerprint density at radius 1 is 1.29 bits per heavy atom. The van der Waals surface area contributed by atoms with E-state index in [2.05, 4.69) is 28.9 Å². The van der Waals surface area contributed by atoms with Gasteiger partial charge in [-0.1, -0.05) is 13.8 Å². The summed E-state index contributed by atoms with van der Waals surface area (Å²) in [5, 5.41) is 4.11. The lowest BCUT2D eigenvalue weighted by Crippen LogP contribution is -2.01. The summed E-state index contributed by atoms with van der Waals surface area (Å²) in [5.74, 6) is 1.22. The fourth-order valence-electron chi connectivity index (χ4n) is 1.21. The van der Waals surface area contributed by atoms with E-state index in [9.17, 15) is 0 Å². The van der Waals surface area contributed by atoms with Crippen molar-refractivity contribution in [3.05, 3.63) is 36.5 Å². The Bertz CT molecular complexity index is 406. The second-order valence-electron chi connectivity index (χ2n) is 3.41. The number of aromatic nitrogens is 4. The average molecular weight is 188 g/mol. The van der Waals surface area contributed by atoms with Gasteiger partial charge in [-0.3, -0.25) is 0 Å². The molecule has 4 heteroatoms. The van der Waals surface area contributed by atoms with Crippen LogP contribution in [0.15, 0.2) is 30.9 Å². The molecule has 2 aromatic heterocycles. The van der Waals surface area contributed by atoms with Gasteiger partial charge in [-0.2, -0.15) is 5.10 Å². The molecule has 4 nitrogen and oxygen atoms in total. The maximum atomic E-state index is 4.20. The van der Waals surface area contributed by atoms with Gasteiger partial charge in [0.1, 0.15) is 6.33 Å². The van der Waals surface area contributed by atoms with E-state index in [1.807, 2.05) is 18.3 Å². The molecule has 2 rings (SSSR count). The van der Waals surface area contributed by atoms with Crippen LogP contribution in [0.2, 0.25) is 0 Å². The van der Waals surface area contributed by atoms with Crippen LogP contribution in [-0.4, -0.2) is 19.7 Å². The zero-order valence-corrected chi connectivity index (χ0v) is 8.25. The normalized spacial score (nSPS) is 10.8. The molecule has 0 aromatic carbocycles. The Balaban J connectivity index is 2.41. The third kappa shape index (κ3) is 1.64. The van der Waals surface area contributed by atoms with Gasteiger partial charge < -0.3 is 0 Å². The fraction of sp³-hybridized carbons (Fsp3) is 0.300. The predicted molar refractivity (Wildman–Crippen MR) is 53.2 cm³/mol. The van der Waals surface area contributed by atoms with Crippen molar-refractivity contribution in [3.63, 3.8) is 0 Å². The number of nitrogens with zero attached hydrogens (tertiary/aromatic N) is 4. The Kier molecular flexibility index (Phi) is 2.26. The predicted octanol–water partition coefficient (Wildman–Crippen LogP) is 1.79. The zero-order valence-electron chi connectivity index (χ0n) is 8.25. The molecule has 72 valence electrons. The minimum absolute atomic E-state index is 0.410. The summed E-state index contributed by atoms with van der Waals surface area (Å²) in [4.78, 5) is 8.35. The summed E-state index contributed by atoms with van der Waals surface area (Å²) < 4.78 is 1.73. The highest BCUT2D eigenvalue weighted by Crippen LogP contribution is 2.12. The van der Waals surface area contributed by atoms with E-state index in [0.29, 0.717) is 5.92 Å². The number of rotatable bonds is 2. The first-order valence-electron chi connectivity index (χ1n) is 4.59. The van der Waals surface area contributed by atoms with Crippen molar-refractivity contribution in [2.45, 2.75) is 19.8 Å². The minimum atomic E-state index is 0.410. The van der Waals surface area contributed by atoms with Crippen LogP contribution in [0.5, 0.6) is 0 Å². The molecule has 0 unspecified atom stereocenters. The maximum absolute atomic E-state index is 4.20. The van der Waals surface area contributed by atoms with E-state index in [0.717, 1.165) is 11.5 Å². The summed E-state index contributed by atoms with van der Waals surface area (Å²) in [6.07, 6.45) is 5.18. The minimum Gasteiger partial charge on any atom is -0.241 e. The van der Waals surface area contributed by atoms with E-state index in [1.165, 1.54) is 0 Å². The molecule has 0 fully saturated rings. The van der Waals surface area contributed by atoms with E-state index in [4.69, 9.17) is 0 Å². The highest BCUT2D eigenvalue weighted by atomic mass is 15.3. The molecule has 0 saturated heterocycles. The molecule has 0 saturated carbocycles. The van der Waals surface area contributed by atoms with Crippen molar-refractivity contribution in [1.82, 2.24) is 19.7 Å². The molecule has 2 aromatic rings. The van der Waals surface area contributed by atoms with Gasteiger partial charge in [-0.15, -0.1) is 0 Å². The van der Waals surface area contributed by atoms with Gasteiger partial charge in [0.2, 0.25) is 0 Å². The van der Waals surface area contributed by atoms with E-state index in [-0.39, 0.29) is 0 Å². The molecule has 2 heterocycles. The lowest BCUT2D eigenvalue weighted by Gasteiger charge is -2.05. The van der Waals surface area contributed by atoms with Gasteiger partial charge in [0.15, 0.2) is 5.82 Å². The summed E-state index contributed by atoms with van der Waals surface area (Å²) in [5.41, 5.74) is 1.03. The standard InChI is InChI=1S/C10H12N4/c1-8(2)9-6-10(12-7-11-9)14-5-3-4-13-14/h3-8H,1-2H3. The van der Waals surface area contributed by atoms with E-state index >= 15 is 0 Å². The van der Waals surface area contributed by atoms with E-state index < -0.39 is 0 Å². The highest BCUT2D eigenvalue weighted by molar-refractivity contribution is 5.23. The molecule has 0 bridgehead atoms. The molecule has 0 atom stereocenters. The Labute approximate surface area is 82.6 Å². The van der Waals surface area contributed by atoms with Crippen LogP contribution in [0.1, 0.15) is 25.5 Å². The molecule has 0 aliphatic carbocycles. The molecule has 0 radical (unpaired) electrons. The van der Waals surface area contributed by atoms with Crippen LogP contribution in [0.4, 0.5) is 0 Å². The third-order valence-electron chi connectivity index (χ3n) is 2.00. The maximum Gasteiger partial charge on any atom is 0.156 e. The Morgan fingerprint density at radius 3 is 2.79 bits per heavy atom. The highest BCUT2D eigenvalue weighted by Gasteiger charge is 2.03. The largest absolute Gasteiger partial charge is 0.241 e. The smallest absolute Gasteiger partial charge is 0.156 e. The molecular formula is C10H12N4. The van der Waals surface area contributed by atoms with Crippen LogP contribution < -0.4 is 0 Å². The second-order valence-corrected chi connectivity index (χ2v) is 3.41. The topological polar surface area (TPSA) is 43.6 Å². The SMILES string of the molecule is CC(C)c1cc(-n2cccn2)ncn1. The van der Waals surface area contributed by atoms with Gasteiger partial charge >= 0.3 is 0 Å². The summed E-state index contributed by atoms with van der Waals surface area (Å²) >= 11 is 0.